The van der Waals surface area contributed by atoms with Crippen LogP contribution in [0.4, 0.5) is 8.78 Å². The Morgan fingerprint density at radius 3 is 2.58 bits per heavy atom. The van der Waals surface area contributed by atoms with Crippen molar-refractivity contribution in [1.29, 1.82) is 0 Å². The fourth-order valence-electron chi connectivity index (χ4n) is 2.31. The summed E-state index contributed by atoms with van der Waals surface area (Å²) >= 11 is 0. The molecule has 1 heterocycles. The number of hydrogen-bond donors (Lipinski definition) is 1. The van der Waals surface area contributed by atoms with E-state index in [4.69, 9.17) is 0 Å². The highest BCUT2D eigenvalue weighted by Crippen LogP contribution is 2.17. The van der Waals surface area contributed by atoms with Gasteiger partial charge in [0.15, 0.2) is 11.6 Å². The molecule has 6 heteroatoms. The Morgan fingerprint density at radius 1 is 1.12 bits per heavy atom. The molecule has 1 unspecified atom stereocenters. The zero-order valence-corrected chi connectivity index (χ0v) is 12.9. The fourth-order valence-corrected chi connectivity index (χ4v) is 2.31. The van der Waals surface area contributed by atoms with Gasteiger partial charge in [0.1, 0.15) is 0 Å². The maximum atomic E-state index is 13.3. The first-order valence-electron chi connectivity index (χ1n) is 7.40. The van der Waals surface area contributed by atoms with Gasteiger partial charge in [-0.05, 0) is 36.8 Å². The van der Waals surface area contributed by atoms with Gasteiger partial charge in [-0.1, -0.05) is 24.3 Å². The van der Waals surface area contributed by atoms with Crippen LogP contribution in [-0.4, -0.2) is 15.7 Å². The monoisotopic (exact) mass is 327 g/mol. The van der Waals surface area contributed by atoms with E-state index < -0.39 is 17.7 Å². The molecule has 2 aromatic carbocycles. The average Bonchev–Trinajstić information content (AvgIpc) is 3.08. The number of amides is 1. The molecule has 1 aromatic heterocycles. The van der Waals surface area contributed by atoms with Crippen molar-refractivity contribution in [3.63, 3.8) is 0 Å². The van der Waals surface area contributed by atoms with E-state index in [1.54, 1.807) is 17.8 Å². The number of carbonyl (C=O) groups is 1. The van der Waals surface area contributed by atoms with Crippen LogP contribution in [-0.2, 0) is 0 Å². The fraction of sp³-hybridized carbons (Fsp3) is 0.111. The van der Waals surface area contributed by atoms with Crippen molar-refractivity contribution in [3.05, 3.63) is 83.7 Å². The normalized spacial score (nSPS) is 12.0. The van der Waals surface area contributed by atoms with Gasteiger partial charge in [0.25, 0.3) is 5.91 Å². The Kier molecular flexibility index (Phi) is 4.37. The summed E-state index contributed by atoms with van der Waals surface area (Å²) in [5.41, 5.74) is 1.70. The third kappa shape index (κ3) is 3.32. The third-order valence-corrected chi connectivity index (χ3v) is 3.66. The molecule has 1 N–H and O–H groups in total. The second-order valence-electron chi connectivity index (χ2n) is 5.38. The van der Waals surface area contributed by atoms with E-state index in [9.17, 15) is 13.6 Å². The van der Waals surface area contributed by atoms with E-state index in [0.29, 0.717) is 11.1 Å². The Labute approximate surface area is 137 Å². The number of rotatable bonds is 4. The molecule has 0 aliphatic heterocycles. The van der Waals surface area contributed by atoms with Gasteiger partial charge in [0.05, 0.1) is 23.5 Å². The van der Waals surface area contributed by atoms with Crippen LogP contribution < -0.4 is 5.32 Å². The number of para-hydroxylation sites is 1. The molecule has 122 valence electrons. The topological polar surface area (TPSA) is 46.9 Å². The van der Waals surface area contributed by atoms with Crippen molar-refractivity contribution >= 4 is 5.91 Å². The second kappa shape index (κ2) is 6.62. The summed E-state index contributed by atoms with van der Waals surface area (Å²) in [6.45, 7) is 1.70. The molecule has 0 saturated heterocycles. The summed E-state index contributed by atoms with van der Waals surface area (Å²) < 4.78 is 27.9. The first-order valence-corrected chi connectivity index (χ1v) is 7.40. The highest BCUT2D eigenvalue weighted by atomic mass is 19.2. The average molecular weight is 327 g/mol. The van der Waals surface area contributed by atoms with Gasteiger partial charge in [0, 0.05) is 6.20 Å². The standard InChI is InChI=1S/C18H15F2N3O/c1-12(13-7-8-16(19)17(20)9-13)22-18(24)14-10-21-23(11-14)15-5-3-2-4-6-15/h2-12H,1H3,(H,22,24). The number of hydrogen-bond acceptors (Lipinski definition) is 2. The third-order valence-electron chi connectivity index (χ3n) is 3.66. The lowest BCUT2D eigenvalue weighted by Crippen LogP contribution is -2.26. The lowest BCUT2D eigenvalue weighted by molar-refractivity contribution is 0.0940. The van der Waals surface area contributed by atoms with Crippen LogP contribution in [0.5, 0.6) is 0 Å². The van der Waals surface area contributed by atoms with E-state index in [2.05, 4.69) is 10.4 Å². The first kappa shape index (κ1) is 15.9. The Balaban J connectivity index is 1.73. The SMILES string of the molecule is CC(NC(=O)c1cnn(-c2ccccc2)c1)c1ccc(F)c(F)c1. The van der Waals surface area contributed by atoms with E-state index >= 15 is 0 Å². The van der Waals surface area contributed by atoms with E-state index in [1.165, 1.54) is 12.3 Å². The number of benzene rings is 2. The van der Waals surface area contributed by atoms with Crippen LogP contribution in [0.1, 0.15) is 28.9 Å². The van der Waals surface area contributed by atoms with Gasteiger partial charge in [0.2, 0.25) is 0 Å². The summed E-state index contributed by atoms with van der Waals surface area (Å²) in [4.78, 5) is 12.3. The van der Waals surface area contributed by atoms with Crippen molar-refractivity contribution in [2.24, 2.45) is 0 Å². The van der Waals surface area contributed by atoms with Crippen LogP contribution in [0.3, 0.4) is 0 Å². The van der Waals surface area contributed by atoms with E-state index in [-0.39, 0.29) is 5.91 Å². The Bertz CT molecular complexity index is 862. The maximum Gasteiger partial charge on any atom is 0.254 e. The van der Waals surface area contributed by atoms with Crippen molar-refractivity contribution in [1.82, 2.24) is 15.1 Å². The summed E-state index contributed by atoms with van der Waals surface area (Å²) in [5.74, 6) is -2.19. The highest BCUT2D eigenvalue weighted by molar-refractivity contribution is 5.94. The highest BCUT2D eigenvalue weighted by Gasteiger charge is 2.15. The summed E-state index contributed by atoms with van der Waals surface area (Å²) in [7, 11) is 0. The molecule has 0 saturated carbocycles. The van der Waals surface area contributed by atoms with Crippen LogP contribution in [0.25, 0.3) is 5.69 Å². The largest absolute Gasteiger partial charge is 0.345 e. The zero-order chi connectivity index (χ0) is 17.1. The zero-order valence-electron chi connectivity index (χ0n) is 12.9. The van der Waals surface area contributed by atoms with Crippen molar-refractivity contribution < 1.29 is 13.6 Å². The number of nitrogens with zero attached hydrogens (tertiary/aromatic N) is 2. The number of carbonyl (C=O) groups excluding carboxylic acids is 1. The molecule has 0 aliphatic rings. The van der Waals surface area contributed by atoms with Crippen molar-refractivity contribution in [2.75, 3.05) is 0 Å². The van der Waals surface area contributed by atoms with Gasteiger partial charge >= 0.3 is 0 Å². The Morgan fingerprint density at radius 2 is 1.88 bits per heavy atom. The molecule has 3 rings (SSSR count). The van der Waals surface area contributed by atoms with Crippen LogP contribution in [0.2, 0.25) is 0 Å². The minimum atomic E-state index is -0.939. The minimum absolute atomic E-state index is 0.339. The summed E-state index contributed by atoms with van der Waals surface area (Å²) in [6, 6.07) is 12.5. The summed E-state index contributed by atoms with van der Waals surface area (Å²) in [5, 5.41) is 6.90. The molecule has 3 aromatic rings. The molecule has 0 radical (unpaired) electrons. The van der Waals surface area contributed by atoms with Gasteiger partial charge < -0.3 is 5.32 Å². The molecule has 4 nitrogen and oxygen atoms in total. The smallest absolute Gasteiger partial charge is 0.254 e. The Hall–Kier alpha value is -3.02. The van der Waals surface area contributed by atoms with Crippen molar-refractivity contribution in [2.45, 2.75) is 13.0 Å². The molecular formula is C18H15F2N3O. The van der Waals surface area contributed by atoms with Crippen LogP contribution in [0.15, 0.2) is 60.9 Å². The number of aromatic nitrogens is 2. The molecular weight excluding hydrogens is 312 g/mol. The predicted molar refractivity (Wildman–Crippen MR) is 85.8 cm³/mol. The number of halogens is 2. The molecule has 0 spiro atoms. The van der Waals surface area contributed by atoms with Crippen LogP contribution >= 0.6 is 0 Å². The minimum Gasteiger partial charge on any atom is -0.345 e. The molecule has 1 amide bonds. The second-order valence-corrected chi connectivity index (χ2v) is 5.38. The number of nitrogens with one attached hydrogen (secondary N) is 1. The lowest BCUT2D eigenvalue weighted by Gasteiger charge is -2.13. The molecule has 24 heavy (non-hydrogen) atoms. The van der Waals surface area contributed by atoms with E-state index in [0.717, 1.165) is 17.8 Å². The van der Waals surface area contributed by atoms with Crippen LogP contribution in [0, 0.1) is 11.6 Å². The van der Waals surface area contributed by atoms with Crippen molar-refractivity contribution in [3.8, 4) is 5.69 Å². The predicted octanol–water partition coefficient (Wildman–Crippen LogP) is 3.64. The molecule has 0 bridgehead atoms. The summed E-state index contributed by atoms with van der Waals surface area (Å²) in [6.07, 6.45) is 3.07. The quantitative estimate of drug-likeness (QED) is 0.795. The molecule has 0 aliphatic carbocycles. The van der Waals surface area contributed by atoms with Gasteiger partial charge in [-0.2, -0.15) is 5.10 Å². The molecule has 0 fully saturated rings. The lowest BCUT2D eigenvalue weighted by atomic mass is 10.1. The van der Waals surface area contributed by atoms with E-state index in [1.807, 2.05) is 30.3 Å². The first-order chi connectivity index (χ1) is 11.5. The maximum absolute atomic E-state index is 13.3. The van der Waals surface area contributed by atoms with Gasteiger partial charge in [-0.15, -0.1) is 0 Å². The van der Waals surface area contributed by atoms with Gasteiger partial charge in [-0.3, -0.25) is 4.79 Å². The molecule has 1 atom stereocenters. The van der Waals surface area contributed by atoms with Gasteiger partial charge in [-0.25, -0.2) is 13.5 Å².